The van der Waals surface area contributed by atoms with Crippen LogP contribution in [0, 0.1) is 5.92 Å². The van der Waals surface area contributed by atoms with E-state index in [0.717, 1.165) is 24.3 Å². The number of nitrogens with one attached hydrogen (secondary N) is 2. The van der Waals surface area contributed by atoms with Gasteiger partial charge in [-0.2, -0.15) is 11.8 Å². The van der Waals surface area contributed by atoms with Crippen LogP contribution in [0.25, 0.3) is 0 Å². The van der Waals surface area contributed by atoms with Gasteiger partial charge in [-0.25, -0.2) is 8.78 Å². The van der Waals surface area contributed by atoms with Crippen molar-refractivity contribution >= 4 is 30.1 Å². The molecule has 2 heterocycles. The Labute approximate surface area is 116 Å². The highest BCUT2D eigenvalue weighted by Gasteiger charge is 2.42. The van der Waals surface area contributed by atoms with Crippen LogP contribution in [0.2, 0.25) is 0 Å². The summed E-state index contributed by atoms with van der Waals surface area (Å²) >= 11 is 1.93. The molecule has 1 amide bonds. The molecule has 0 aromatic rings. The van der Waals surface area contributed by atoms with Crippen LogP contribution in [0.3, 0.4) is 0 Å². The van der Waals surface area contributed by atoms with E-state index in [1.54, 1.807) is 0 Å². The van der Waals surface area contributed by atoms with Crippen LogP contribution < -0.4 is 10.6 Å². The van der Waals surface area contributed by atoms with E-state index in [1.165, 1.54) is 0 Å². The quantitative estimate of drug-likeness (QED) is 0.833. The summed E-state index contributed by atoms with van der Waals surface area (Å²) in [5.74, 6) is -0.216. The second kappa shape index (κ2) is 6.91. The SMILES string of the molecule is Cl.O=C(NCC1CCSCC1)C1CC(F)(F)CN1. The Morgan fingerprint density at radius 2 is 2.06 bits per heavy atom. The predicted octanol–water partition coefficient (Wildman–Crippen LogP) is 1.66. The van der Waals surface area contributed by atoms with Crippen molar-refractivity contribution in [2.45, 2.75) is 31.2 Å². The van der Waals surface area contributed by atoms with Crippen LogP contribution in [0.15, 0.2) is 0 Å². The molecule has 0 aromatic heterocycles. The highest BCUT2D eigenvalue weighted by Crippen LogP contribution is 2.25. The molecule has 0 aliphatic carbocycles. The van der Waals surface area contributed by atoms with Gasteiger partial charge in [0.2, 0.25) is 5.91 Å². The van der Waals surface area contributed by atoms with Crippen molar-refractivity contribution in [1.82, 2.24) is 10.6 Å². The van der Waals surface area contributed by atoms with Gasteiger partial charge in [-0.1, -0.05) is 0 Å². The number of rotatable bonds is 3. The van der Waals surface area contributed by atoms with Gasteiger partial charge in [0.05, 0.1) is 12.6 Å². The number of hydrogen-bond acceptors (Lipinski definition) is 3. The standard InChI is InChI=1S/C11H18F2N2OS.ClH/c12-11(13)5-9(15-7-11)10(16)14-6-8-1-3-17-4-2-8;/h8-9,15H,1-7H2,(H,14,16);1H. The first kappa shape index (κ1) is 16.0. The third kappa shape index (κ3) is 4.55. The third-order valence-corrected chi connectivity index (χ3v) is 4.38. The van der Waals surface area contributed by atoms with Gasteiger partial charge in [0.15, 0.2) is 0 Å². The first-order valence-electron chi connectivity index (χ1n) is 6.03. The minimum Gasteiger partial charge on any atom is -0.354 e. The number of thioether (sulfide) groups is 1. The van der Waals surface area contributed by atoms with Crippen LogP contribution in [0.4, 0.5) is 8.78 Å². The third-order valence-electron chi connectivity index (χ3n) is 3.33. The zero-order valence-electron chi connectivity index (χ0n) is 10.1. The van der Waals surface area contributed by atoms with Crippen LogP contribution in [-0.4, -0.2) is 42.5 Å². The molecular formula is C11H19ClF2N2OS. The number of carbonyl (C=O) groups excluding carboxylic acids is 1. The number of halogens is 3. The Morgan fingerprint density at radius 1 is 1.39 bits per heavy atom. The van der Waals surface area contributed by atoms with E-state index in [-0.39, 0.29) is 31.3 Å². The maximum absolute atomic E-state index is 12.9. The minimum absolute atomic E-state index is 0. The summed E-state index contributed by atoms with van der Waals surface area (Å²) in [5.41, 5.74) is 0. The monoisotopic (exact) mass is 300 g/mol. The van der Waals surface area contributed by atoms with Crippen LogP contribution in [-0.2, 0) is 4.79 Å². The van der Waals surface area contributed by atoms with Crippen molar-refractivity contribution in [3.05, 3.63) is 0 Å². The van der Waals surface area contributed by atoms with Crippen molar-refractivity contribution in [3.63, 3.8) is 0 Å². The Kier molecular flexibility index (Phi) is 6.14. The summed E-state index contributed by atoms with van der Waals surface area (Å²) in [6.07, 6.45) is 1.84. The number of alkyl halides is 2. The highest BCUT2D eigenvalue weighted by atomic mass is 35.5. The van der Waals surface area contributed by atoms with Crippen molar-refractivity contribution in [3.8, 4) is 0 Å². The van der Waals surface area contributed by atoms with Crippen LogP contribution >= 0.6 is 24.2 Å². The molecule has 1 atom stereocenters. The summed E-state index contributed by atoms with van der Waals surface area (Å²) in [7, 11) is 0. The fourth-order valence-electron chi connectivity index (χ4n) is 2.22. The number of carbonyl (C=O) groups is 1. The first-order chi connectivity index (χ1) is 8.07. The van der Waals surface area contributed by atoms with E-state index in [1.807, 2.05) is 11.8 Å². The lowest BCUT2D eigenvalue weighted by Crippen LogP contribution is -2.42. The minimum atomic E-state index is -2.73. The van der Waals surface area contributed by atoms with Gasteiger partial charge in [0.1, 0.15) is 0 Å². The summed E-state index contributed by atoms with van der Waals surface area (Å²) in [4.78, 5) is 11.7. The number of amides is 1. The van der Waals surface area contributed by atoms with E-state index >= 15 is 0 Å². The molecule has 0 spiro atoms. The van der Waals surface area contributed by atoms with Gasteiger partial charge in [-0.3, -0.25) is 10.1 Å². The second-order valence-electron chi connectivity index (χ2n) is 4.79. The maximum Gasteiger partial charge on any atom is 0.262 e. The largest absolute Gasteiger partial charge is 0.354 e. The van der Waals surface area contributed by atoms with E-state index < -0.39 is 12.0 Å². The molecule has 0 aromatic carbocycles. The molecule has 2 N–H and O–H groups in total. The number of hydrogen-bond donors (Lipinski definition) is 2. The molecular weight excluding hydrogens is 282 g/mol. The van der Waals surface area contributed by atoms with Crippen molar-refractivity contribution in [1.29, 1.82) is 0 Å². The van der Waals surface area contributed by atoms with Gasteiger partial charge < -0.3 is 5.32 Å². The fourth-order valence-corrected chi connectivity index (χ4v) is 3.42. The highest BCUT2D eigenvalue weighted by molar-refractivity contribution is 7.99. The van der Waals surface area contributed by atoms with E-state index in [4.69, 9.17) is 0 Å². The van der Waals surface area contributed by atoms with Gasteiger partial charge in [-0.15, -0.1) is 12.4 Å². The Balaban J connectivity index is 0.00000162. The molecule has 2 saturated heterocycles. The van der Waals surface area contributed by atoms with E-state index in [2.05, 4.69) is 10.6 Å². The summed E-state index contributed by atoms with van der Waals surface area (Å²) < 4.78 is 25.8. The Hall–Kier alpha value is -0.0700. The fraction of sp³-hybridized carbons (Fsp3) is 0.909. The predicted molar refractivity (Wildman–Crippen MR) is 71.7 cm³/mol. The molecule has 18 heavy (non-hydrogen) atoms. The summed E-state index contributed by atoms with van der Waals surface area (Å²) in [6.45, 7) is 0.244. The van der Waals surface area contributed by atoms with Gasteiger partial charge in [0.25, 0.3) is 5.92 Å². The Bertz CT molecular complexity index is 288. The Morgan fingerprint density at radius 3 is 2.61 bits per heavy atom. The van der Waals surface area contributed by atoms with Crippen molar-refractivity contribution < 1.29 is 13.6 Å². The van der Waals surface area contributed by atoms with Crippen molar-refractivity contribution in [2.24, 2.45) is 5.92 Å². The molecule has 2 rings (SSSR count). The molecule has 0 saturated carbocycles. The molecule has 2 aliphatic heterocycles. The average molecular weight is 301 g/mol. The molecule has 2 fully saturated rings. The molecule has 7 heteroatoms. The molecule has 1 unspecified atom stereocenters. The lowest BCUT2D eigenvalue weighted by Gasteiger charge is -2.22. The average Bonchev–Trinajstić information content (AvgIpc) is 2.68. The topological polar surface area (TPSA) is 41.1 Å². The zero-order chi connectivity index (χ0) is 12.3. The maximum atomic E-state index is 12.9. The molecule has 0 bridgehead atoms. The first-order valence-corrected chi connectivity index (χ1v) is 7.19. The normalized spacial score (nSPS) is 27.6. The van der Waals surface area contributed by atoms with Crippen molar-refractivity contribution in [2.75, 3.05) is 24.6 Å². The molecule has 106 valence electrons. The van der Waals surface area contributed by atoms with Gasteiger partial charge >= 0.3 is 0 Å². The van der Waals surface area contributed by atoms with Crippen LogP contribution in [0.1, 0.15) is 19.3 Å². The lowest BCUT2D eigenvalue weighted by molar-refractivity contribution is -0.123. The smallest absolute Gasteiger partial charge is 0.262 e. The van der Waals surface area contributed by atoms with Crippen LogP contribution in [0.5, 0.6) is 0 Å². The summed E-state index contributed by atoms with van der Waals surface area (Å²) in [5, 5.41) is 5.36. The lowest BCUT2D eigenvalue weighted by atomic mass is 10.0. The van der Waals surface area contributed by atoms with Gasteiger partial charge in [0, 0.05) is 13.0 Å². The van der Waals surface area contributed by atoms with E-state index in [0.29, 0.717) is 12.5 Å². The van der Waals surface area contributed by atoms with Gasteiger partial charge in [-0.05, 0) is 30.3 Å². The molecule has 3 nitrogen and oxygen atoms in total. The molecule has 2 aliphatic rings. The zero-order valence-corrected chi connectivity index (χ0v) is 11.7. The molecule has 0 radical (unpaired) electrons. The van der Waals surface area contributed by atoms with E-state index in [9.17, 15) is 13.6 Å². The summed E-state index contributed by atoms with van der Waals surface area (Å²) in [6, 6.07) is -0.719. The second-order valence-corrected chi connectivity index (χ2v) is 6.02.